The van der Waals surface area contributed by atoms with Gasteiger partial charge in [-0.1, -0.05) is 27.5 Å². The van der Waals surface area contributed by atoms with Crippen LogP contribution in [0, 0.1) is 5.82 Å². The van der Waals surface area contributed by atoms with E-state index in [2.05, 4.69) is 21.2 Å². The van der Waals surface area contributed by atoms with Crippen LogP contribution >= 0.6 is 27.5 Å². The van der Waals surface area contributed by atoms with E-state index in [0.29, 0.717) is 39.3 Å². The molecule has 5 rings (SSSR count). The Balaban J connectivity index is 1.93. The number of anilines is 2. The zero-order valence-electron chi connectivity index (χ0n) is 17.9. The Hall–Kier alpha value is -3.17. The van der Waals surface area contributed by atoms with Gasteiger partial charge in [0, 0.05) is 38.4 Å². The molecule has 0 radical (unpaired) electrons. The third kappa shape index (κ3) is 2.96. The zero-order valence-corrected chi connectivity index (χ0v) is 20.2. The Morgan fingerprint density at radius 3 is 2.71 bits per heavy atom. The second kappa shape index (κ2) is 7.95. The number of hydrogen-bond acceptors (Lipinski definition) is 6. The number of ketones is 1. The number of carbonyl (C=O) groups excluding carboxylic acids is 3. The van der Waals surface area contributed by atoms with Crippen molar-refractivity contribution in [1.29, 1.82) is 0 Å². The van der Waals surface area contributed by atoms with Gasteiger partial charge in [-0.2, -0.15) is 0 Å². The minimum absolute atomic E-state index is 0.0453. The number of Topliss-reactive ketones (excluding diaryl/α,β-unsaturated/α-hetero) is 1. The summed E-state index contributed by atoms with van der Waals surface area (Å²) in [6, 6.07) is 9.09. The number of hydrogen-bond donors (Lipinski definition) is 2. The standard InChI is InChI=1S/C24H18BrClFN3O4/c1-34-22(32)20-21(28)30(16-8-5-11(25)9-14(16)27)17-3-2-4-18(31)19(17)24(20)13-10-12(26)6-7-15(13)29-23(24)33/h5-10H,2-4,28H2,1H3,(H,29,33). The number of nitrogens with two attached hydrogens (primary N) is 1. The van der Waals surface area contributed by atoms with E-state index < -0.39 is 23.1 Å². The first-order valence-electron chi connectivity index (χ1n) is 10.4. The van der Waals surface area contributed by atoms with Gasteiger partial charge in [-0.05, 0) is 49.2 Å². The summed E-state index contributed by atoms with van der Waals surface area (Å²) in [5.41, 5.74) is 5.66. The topological polar surface area (TPSA) is 102 Å². The number of esters is 1. The summed E-state index contributed by atoms with van der Waals surface area (Å²) in [4.78, 5) is 41.8. The number of carbonyl (C=O) groups is 3. The van der Waals surface area contributed by atoms with Crippen LogP contribution in [0.2, 0.25) is 5.02 Å². The summed E-state index contributed by atoms with van der Waals surface area (Å²) < 4.78 is 20.7. The molecule has 1 aliphatic carbocycles. The quantitative estimate of drug-likeness (QED) is 0.545. The van der Waals surface area contributed by atoms with E-state index in [-0.39, 0.29) is 34.9 Å². The first-order chi connectivity index (χ1) is 16.2. The Morgan fingerprint density at radius 1 is 1.24 bits per heavy atom. The van der Waals surface area contributed by atoms with Crippen LogP contribution in [0.1, 0.15) is 24.8 Å². The van der Waals surface area contributed by atoms with E-state index in [1.54, 1.807) is 18.2 Å². The molecule has 1 amide bonds. The van der Waals surface area contributed by atoms with E-state index in [9.17, 15) is 14.4 Å². The smallest absolute Gasteiger partial charge is 0.339 e. The number of ether oxygens (including phenoxy) is 1. The van der Waals surface area contributed by atoms with Gasteiger partial charge in [-0.3, -0.25) is 14.5 Å². The molecule has 34 heavy (non-hydrogen) atoms. The van der Waals surface area contributed by atoms with Crippen molar-refractivity contribution in [3.8, 4) is 0 Å². The van der Waals surface area contributed by atoms with Crippen LogP contribution in [0.15, 0.2) is 63.5 Å². The predicted molar refractivity (Wildman–Crippen MR) is 127 cm³/mol. The summed E-state index contributed by atoms with van der Waals surface area (Å²) in [5, 5.41) is 3.07. The van der Waals surface area contributed by atoms with Crippen molar-refractivity contribution >= 4 is 56.6 Å². The van der Waals surface area contributed by atoms with Gasteiger partial charge in [0.15, 0.2) is 5.78 Å². The number of methoxy groups -OCH3 is 1. The number of allylic oxidation sites excluding steroid dienone is 1. The summed E-state index contributed by atoms with van der Waals surface area (Å²) in [6.45, 7) is 0. The molecule has 2 aromatic rings. The Bertz CT molecular complexity index is 1370. The summed E-state index contributed by atoms with van der Waals surface area (Å²) in [6.07, 6.45) is 0.985. The maximum atomic E-state index is 15.1. The maximum absolute atomic E-state index is 15.1. The maximum Gasteiger partial charge on any atom is 0.339 e. The number of fused-ring (bicyclic) bond motifs is 3. The van der Waals surface area contributed by atoms with E-state index in [4.69, 9.17) is 22.1 Å². The molecule has 0 aromatic heterocycles. The molecule has 1 unspecified atom stereocenters. The highest BCUT2D eigenvalue weighted by Gasteiger charge is 2.62. The molecule has 7 nitrogen and oxygen atoms in total. The minimum atomic E-state index is -1.87. The summed E-state index contributed by atoms with van der Waals surface area (Å²) in [7, 11) is 1.15. The lowest BCUT2D eigenvalue weighted by Gasteiger charge is -2.44. The number of amides is 1. The van der Waals surface area contributed by atoms with Gasteiger partial charge in [-0.25, -0.2) is 9.18 Å². The highest BCUT2D eigenvalue weighted by atomic mass is 79.9. The third-order valence-corrected chi connectivity index (χ3v) is 7.14. The number of benzene rings is 2. The second-order valence-electron chi connectivity index (χ2n) is 8.18. The zero-order chi connectivity index (χ0) is 24.4. The van der Waals surface area contributed by atoms with Gasteiger partial charge < -0.3 is 15.8 Å². The van der Waals surface area contributed by atoms with E-state index in [0.717, 1.165) is 7.11 Å². The van der Waals surface area contributed by atoms with Crippen molar-refractivity contribution in [2.45, 2.75) is 24.7 Å². The molecule has 0 saturated heterocycles. The van der Waals surface area contributed by atoms with Crippen molar-refractivity contribution in [3.63, 3.8) is 0 Å². The van der Waals surface area contributed by atoms with Gasteiger partial charge in [0.1, 0.15) is 22.6 Å². The molecule has 174 valence electrons. The van der Waals surface area contributed by atoms with Crippen LogP contribution in [0.4, 0.5) is 15.8 Å². The first-order valence-corrected chi connectivity index (χ1v) is 11.6. The molecule has 2 aliphatic heterocycles. The molecule has 3 aliphatic rings. The fraction of sp³-hybridized carbons (Fsp3) is 0.208. The number of nitrogens with one attached hydrogen (secondary N) is 1. The molecule has 1 atom stereocenters. The molecule has 0 fully saturated rings. The van der Waals surface area contributed by atoms with Crippen LogP contribution in [-0.4, -0.2) is 24.8 Å². The molecule has 3 N–H and O–H groups in total. The van der Waals surface area contributed by atoms with Gasteiger partial charge in [0.05, 0.1) is 12.8 Å². The molecule has 10 heteroatoms. The van der Waals surface area contributed by atoms with Gasteiger partial charge in [0.25, 0.3) is 0 Å². The monoisotopic (exact) mass is 545 g/mol. The van der Waals surface area contributed by atoms with Crippen molar-refractivity contribution in [2.75, 3.05) is 17.3 Å². The van der Waals surface area contributed by atoms with Crippen molar-refractivity contribution in [1.82, 2.24) is 0 Å². The lowest BCUT2D eigenvalue weighted by molar-refractivity contribution is -0.138. The summed E-state index contributed by atoms with van der Waals surface area (Å²) in [5.74, 6) is -2.67. The number of halogens is 3. The SMILES string of the molecule is COC(=O)C1=C(N)N(c2ccc(Br)cc2F)C2=C(C(=O)CCC2)C12C(=O)Nc1ccc(Cl)cc12. The van der Waals surface area contributed by atoms with Gasteiger partial charge >= 0.3 is 5.97 Å². The Labute approximate surface area is 207 Å². The molecular weight excluding hydrogens is 529 g/mol. The lowest BCUT2D eigenvalue weighted by Crippen LogP contribution is -2.53. The van der Waals surface area contributed by atoms with Gasteiger partial charge in [-0.15, -0.1) is 0 Å². The average molecular weight is 547 g/mol. The fourth-order valence-electron chi connectivity index (χ4n) is 5.12. The third-order valence-electron chi connectivity index (χ3n) is 6.42. The molecular formula is C24H18BrClFN3O4. The van der Waals surface area contributed by atoms with E-state index in [1.165, 1.54) is 23.1 Å². The molecule has 2 heterocycles. The van der Waals surface area contributed by atoms with Crippen LogP contribution in [0.5, 0.6) is 0 Å². The van der Waals surface area contributed by atoms with Crippen molar-refractivity contribution in [2.24, 2.45) is 5.73 Å². The molecule has 0 bridgehead atoms. The average Bonchev–Trinajstić information content (AvgIpc) is 3.06. The molecule has 0 saturated carbocycles. The largest absolute Gasteiger partial charge is 0.466 e. The second-order valence-corrected chi connectivity index (χ2v) is 9.53. The number of nitrogens with zero attached hydrogens (tertiary/aromatic N) is 1. The highest BCUT2D eigenvalue weighted by Crippen LogP contribution is 2.56. The highest BCUT2D eigenvalue weighted by molar-refractivity contribution is 9.10. The predicted octanol–water partition coefficient (Wildman–Crippen LogP) is 4.30. The van der Waals surface area contributed by atoms with Crippen LogP contribution < -0.4 is 16.0 Å². The van der Waals surface area contributed by atoms with Crippen LogP contribution in [0.3, 0.4) is 0 Å². The minimum Gasteiger partial charge on any atom is -0.466 e. The fourth-order valence-corrected chi connectivity index (χ4v) is 5.62. The lowest BCUT2D eigenvalue weighted by atomic mass is 9.63. The molecule has 1 spiro atoms. The van der Waals surface area contributed by atoms with Crippen LogP contribution in [-0.2, 0) is 24.5 Å². The number of rotatable bonds is 2. The normalized spacial score (nSPS) is 21.6. The van der Waals surface area contributed by atoms with Crippen LogP contribution in [0.25, 0.3) is 0 Å². The van der Waals surface area contributed by atoms with E-state index >= 15 is 4.39 Å². The molecule has 2 aromatic carbocycles. The Kier molecular flexibility index (Phi) is 5.29. The van der Waals surface area contributed by atoms with Crippen molar-refractivity contribution in [3.05, 3.63) is 79.9 Å². The van der Waals surface area contributed by atoms with Crippen molar-refractivity contribution < 1.29 is 23.5 Å². The van der Waals surface area contributed by atoms with Gasteiger partial charge in [0.2, 0.25) is 5.91 Å². The van der Waals surface area contributed by atoms with E-state index in [1.807, 2.05) is 0 Å². The Morgan fingerprint density at radius 2 is 2.00 bits per heavy atom. The summed E-state index contributed by atoms with van der Waals surface area (Å²) >= 11 is 9.51. The first kappa shape index (κ1) is 22.6.